The number of hydrogen-bond acceptors (Lipinski definition) is 4. The van der Waals surface area contributed by atoms with Crippen molar-refractivity contribution in [2.45, 2.75) is 18.9 Å². The zero-order chi connectivity index (χ0) is 13.5. The molecule has 0 radical (unpaired) electrons. The number of aromatic nitrogens is 1. The van der Waals surface area contributed by atoms with Crippen LogP contribution in [0.2, 0.25) is 0 Å². The highest BCUT2D eigenvalue weighted by Crippen LogP contribution is 2.10. The van der Waals surface area contributed by atoms with Crippen molar-refractivity contribution in [2.75, 3.05) is 19.8 Å². The lowest BCUT2D eigenvalue weighted by atomic mass is 10.1. The summed E-state index contributed by atoms with van der Waals surface area (Å²) in [5.74, 6) is 5.49. The maximum Gasteiger partial charge on any atom is 0.252 e. The number of carbonyl (C=O) groups is 1. The molecule has 0 unspecified atom stereocenters. The maximum atomic E-state index is 12.2. The lowest BCUT2D eigenvalue weighted by Crippen LogP contribution is -2.39. The van der Waals surface area contributed by atoms with Crippen LogP contribution in [0.5, 0.6) is 0 Å². The van der Waals surface area contributed by atoms with E-state index in [1.54, 1.807) is 18.5 Å². The highest BCUT2D eigenvalue weighted by atomic mass is 16.5. The SMILES string of the molecule is NCC#Cc1cnccc1C(=O)NC1CCOCC1. The fourth-order valence-electron chi connectivity index (χ4n) is 1.94. The minimum absolute atomic E-state index is 0.115. The smallest absolute Gasteiger partial charge is 0.252 e. The predicted octanol–water partition coefficient (Wildman–Crippen LogP) is 0.301. The Morgan fingerprint density at radius 2 is 2.32 bits per heavy atom. The van der Waals surface area contributed by atoms with Gasteiger partial charge in [-0.1, -0.05) is 11.8 Å². The van der Waals surface area contributed by atoms with Crippen LogP contribution in [0.1, 0.15) is 28.8 Å². The topological polar surface area (TPSA) is 77.2 Å². The molecule has 0 aromatic carbocycles. The number of pyridine rings is 1. The Bertz CT molecular complexity index is 499. The van der Waals surface area contributed by atoms with E-state index >= 15 is 0 Å². The van der Waals surface area contributed by atoms with Gasteiger partial charge in [0.2, 0.25) is 0 Å². The summed E-state index contributed by atoms with van der Waals surface area (Å²) in [7, 11) is 0. The van der Waals surface area contributed by atoms with Crippen molar-refractivity contribution in [2.24, 2.45) is 5.73 Å². The average Bonchev–Trinajstić information content (AvgIpc) is 2.46. The number of rotatable bonds is 2. The van der Waals surface area contributed by atoms with Crippen LogP contribution < -0.4 is 11.1 Å². The second kappa shape index (κ2) is 6.88. The van der Waals surface area contributed by atoms with Crippen molar-refractivity contribution in [3.05, 3.63) is 29.6 Å². The van der Waals surface area contributed by atoms with E-state index in [2.05, 4.69) is 22.1 Å². The monoisotopic (exact) mass is 259 g/mol. The van der Waals surface area contributed by atoms with E-state index in [4.69, 9.17) is 10.5 Å². The molecule has 0 atom stereocenters. The van der Waals surface area contributed by atoms with Crippen molar-refractivity contribution in [3.8, 4) is 11.8 Å². The predicted molar refractivity (Wildman–Crippen MR) is 71.5 cm³/mol. The Kier molecular flexibility index (Phi) is 4.90. The largest absolute Gasteiger partial charge is 0.381 e. The van der Waals surface area contributed by atoms with Crippen LogP contribution in [0.25, 0.3) is 0 Å². The summed E-state index contributed by atoms with van der Waals surface area (Å²) in [5, 5.41) is 3.01. The summed E-state index contributed by atoms with van der Waals surface area (Å²) in [6.45, 7) is 1.65. The molecule has 1 aliphatic heterocycles. The molecule has 1 saturated heterocycles. The van der Waals surface area contributed by atoms with Gasteiger partial charge in [-0.3, -0.25) is 9.78 Å². The number of ether oxygens (including phenoxy) is 1. The molecule has 19 heavy (non-hydrogen) atoms. The second-order valence-corrected chi connectivity index (χ2v) is 4.29. The van der Waals surface area contributed by atoms with E-state index in [1.807, 2.05) is 0 Å². The van der Waals surface area contributed by atoms with Crippen molar-refractivity contribution >= 4 is 5.91 Å². The van der Waals surface area contributed by atoms with Crippen molar-refractivity contribution in [1.29, 1.82) is 0 Å². The van der Waals surface area contributed by atoms with Gasteiger partial charge < -0.3 is 15.8 Å². The first-order valence-corrected chi connectivity index (χ1v) is 6.33. The third-order valence-electron chi connectivity index (χ3n) is 2.95. The van der Waals surface area contributed by atoms with Gasteiger partial charge in [0.1, 0.15) is 0 Å². The van der Waals surface area contributed by atoms with Gasteiger partial charge in [-0.2, -0.15) is 0 Å². The van der Waals surface area contributed by atoms with Gasteiger partial charge >= 0.3 is 0 Å². The molecule has 1 fully saturated rings. The second-order valence-electron chi connectivity index (χ2n) is 4.29. The van der Waals surface area contributed by atoms with Crippen LogP contribution in [0.15, 0.2) is 18.5 Å². The molecule has 0 spiro atoms. The van der Waals surface area contributed by atoms with Gasteiger partial charge in [0, 0.05) is 31.6 Å². The van der Waals surface area contributed by atoms with E-state index in [0.717, 1.165) is 12.8 Å². The molecule has 0 saturated carbocycles. The Balaban J connectivity index is 2.09. The summed E-state index contributed by atoms with van der Waals surface area (Å²) >= 11 is 0. The van der Waals surface area contributed by atoms with Gasteiger partial charge in [0.05, 0.1) is 17.7 Å². The molecule has 100 valence electrons. The van der Waals surface area contributed by atoms with E-state index in [0.29, 0.717) is 24.3 Å². The third-order valence-corrected chi connectivity index (χ3v) is 2.95. The van der Waals surface area contributed by atoms with E-state index < -0.39 is 0 Å². The van der Waals surface area contributed by atoms with Crippen LogP contribution >= 0.6 is 0 Å². The molecule has 1 aromatic rings. The van der Waals surface area contributed by atoms with E-state index in [9.17, 15) is 4.79 Å². The summed E-state index contributed by atoms with van der Waals surface area (Å²) in [6, 6.07) is 1.85. The summed E-state index contributed by atoms with van der Waals surface area (Å²) < 4.78 is 5.27. The van der Waals surface area contributed by atoms with Gasteiger partial charge in [-0.15, -0.1) is 0 Å². The maximum absolute atomic E-state index is 12.2. The van der Waals surface area contributed by atoms with Crippen LogP contribution in [-0.2, 0) is 4.74 Å². The van der Waals surface area contributed by atoms with Crippen molar-refractivity contribution < 1.29 is 9.53 Å². The first kappa shape index (κ1) is 13.5. The minimum atomic E-state index is -0.115. The fourth-order valence-corrected chi connectivity index (χ4v) is 1.94. The highest BCUT2D eigenvalue weighted by Gasteiger charge is 2.18. The Morgan fingerprint density at radius 3 is 3.05 bits per heavy atom. The van der Waals surface area contributed by atoms with Gasteiger partial charge in [0.15, 0.2) is 0 Å². The molecule has 2 heterocycles. The average molecular weight is 259 g/mol. The first-order chi connectivity index (χ1) is 9.31. The third kappa shape index (κ3) is 3.78. The van der Waals surface area contributed by atoms with Gasteiger partial charge in [0.25, 0.3) is 5.91 Å². The van der Waals surface area contributed by atoms with Crippen LogP contribution in [0, 0.1) is 11.8 Å². The molecule has 1 aliphatic rings. The minimum Gasteiger partial charge on any atom is -0.381 e. The van der Waals surface area contributed by atoms with Crippen molar-refractivity contribution in [3.63, 3.8) is 0 Å². The lowest BCUT2D eigenvalue weighted by molar-refractivity contribution is 0.0696. The number of hydrogen-bond donors (Lipinski definition) is 2. The first-order valence-electron chi connectivity index (χ1n) is 6.33. The Morgan fingerprint density at radius 1 is 1.53 bits per heavy atom. The fraction of sp³-hybridized carbons (Fsp3) is 0.429. The molecule has 5 nitrogen and oxygen atoms in total. The lowest BCUT2D eigenvalue weighted by Gasteiger charge is -2.23. The zero-order valence-electron chi connectivity index (χ0n) is 10.7. The van der Waals surface area contributed by atoms with Gasteiger partial charge in [-0.05, 0) is 18.9 Å². The number of amides is 1. The summed E-state index contributed by atoms with van der Waals surface area (Å²) in [6.07, 6.45) is 4.87. The van der Waals surface area contributed by atoms with E-state index in [-0.39, 0.29) is 18.5 Å². The summed E-state index contributed by atoms with van der Waals surface area (Å²) in [4.78, 5) is 16.2. The van der Waals surface area contributed by atoms with Crippen molar-refractivity contribution in [1.82, 2.24) is 10.3 Å². The molecule has 3 N–H and O–H groups in total. The Hall–Kier alpha value is -1.90. The molecule has 5 heteroatoms. The number of carbonyl (C=O) groups excluding carboxylic acids is 1. The molecule has 0 aliphatic carbocycles. The number of nitrogens with one attached hydrogen (secondary N) is 1. The molecular weight excluding hydrogens is 242 g/mol. The zero-order valence-corrected chi connectivity index (χ0v) is 10.7. The standard InChI is InChI=1S/C14H17N3O2/c15-6-1-2-11-10-16-7-3-13(11)14(18)17-12-4-8-19-9-5-12/h3,7,10,12H,4-6,8-9,15H2,(H,17,18). The van der Waals surface area contributed by atoms with Gasteiger partial charge in [-0.25, -0.2) is 0 Å². The highest BCUT2D eigenvalue weighted by molar-refractivity contribution is 5.96. The molecular formula is C14H17N3O2. The van der Waals surface area contributed by atoms with Crippen LogP contribution in [0.3, 0.4) is 0 Å². The number of nitrogens with zero attached hydrogens (tertiary/aromatic N) is 1. The van der Waals surface area contributed by atoms with Crippen LogP contribution in [-0.4, -0.2) is 36.7 Å². The molecule has 2 rings (SSSR count). The quantitative estimate of drug-likeness (QED) is 0.749. The van der Waals surface area contributed by atoms with Crippen LogP contribution in [0.4, 0.5) is 0 Å². The number of nitrogens with two attached hydrogens (primary N) is 1. The molecule has 1 amide bonds. The molecule has 0 bridgehead atoms. The molecule has 1 aromatic heterocycles. The summed E-state index contributed by atoms with van der Waals surface area (Å²) in [5.41, 5.74) is 6.50. The Labute approximate surface area is 112 Å². The van der Waals surface area contributed by atoms with E-state index in [1.165, 1.54) is 0 Å². The normalized spacial score (nSPS) is 15.4.